The first-order valence-electron chi connectivity index (χ1n) is 7.22. The van der Waals surface area contributed by atoms with E-state index in [1.807, 2.05) is 0 Å². The molecule has 1 saturated heterocycles. The minimum Gasteiger partial charge on any atom is -0.464 e. The van der Waals surface area contributed by atoms with Crippen LogP contribution in [0.4, 0.5) is 5.82 Å². The number of carbonyl (C=O) groups is 1. The van der Waals surface area contributed by atoms with Crippen LogP contribution in [-0.4, -0.2) is 66.1 Å². The van der Waals surface area contributed by atoms with Crippen molar-refractivity contribution in [3.05, 3.63) is 17.8 Å². The van der Waals surface area contributed by atoms with E-state index in [1.54, 1.807) is 12.1 Å². The standard InChI is InChI=1S/C14H22N4O3/c1-21-14(20)12-2-3-13(17-16-12)15-10-11-4-6-18(7-5-11)8-9-19/h2-3,11,19H,4-10H2,1H3,(H,15,17). The minimum atomic E-state index is -0.481. The summed E-state index contributed by atoms with van der Waals surface area (Å²) in [5.41, 5.74) is 0.209. The van der Waals surface area contributed by atoms with Crippen molar-refractivity contribution in [3.8, 4) is 0 Å². The van der Waals surface area contributed by atoms with Crippen LogP contribution in [0.25, 0.3) is 0 Å². The molecule has 0 aromatic carbocycles. The number of anilines is 1. The van der Waals surface area contributed by atoms with Gasteiger partial charge in [0.05, 0.1) is 13.7 Å². The number of piperidine rings is 1. The van der Waals surface area contributed by atoms with E-state index in [-0.39, 0.29) is 12.3 Å². The number of hydrogen-bond donors (Lipinski definition) is 2. The van der Waals surface area contributed by atoms with Gasteiger partial charge in [-0.3, -0.25) is 0 Å². The maximum absolute atomic E-state index is 11.2. The average Bonchev–Trinajstić information content (AvgIpc) is 2.54. The summed E-state index contributed by atoms with van der Waals surface area (Å²) >= 11 is 0. The molecule has 2 heterocycles. The molecule has 0 amide bonds. The first-order valence-corrected chi connectivity index (χ1v) is 7.22. The van der Waals surface area contributed by atoms with Crippen LogP contribution < -0.4 is 5.32 Å². The Morgan fingerprint density at radius 3 is 2.76 bits per heavy atom. The predicted molar refractivity (Wildman–Crippen MR) is 78.1 cm³/mol. The topological polar surface area (TPSA) is 87.6 Å². The largest absolute Gasteiger partial charge is 0.464 e. The first-order chi connectivity index (χ1) is 10.2. The van der Waals surface area contributed by atoms with Crippen molar-refractivity contribution in [1.29, 1.82) is 0 Å². The van der Waals surface area contributed by atoms with Gasteiger partial charge in [-0.1, -0.05) is 0 Å². The molecule has 0 radical (unpaired) electrons. The van der Waals surface area contributed by atoms with E-state index in [4.69, 9.17) is 5.11 Å². The lowest BCUT2D eigenvalue weighted by Crippen LogP contribution is -2.37. The fraction of sp³-hybridized carbons (Fsp3) is 0.643. The number of likely N-dealkylation sites (tertiary alicyclic amines) is 1. The van der Waals surface area contributed by atoms with Crippen LogP contribution in [0, 0.1) is 5.92 Å². The molecule has 0 saturated carbocycles. The zero-order valence-electron chi connectivity index (χ0n) is 12.3. The zero-order chi connectivity index (χ0) is 15.1. The molecule has 2 N–H and O–H groups in total. The number of nitrogens with one attached hydrogen (secondary N) is 1. The predicted octanol–water partition coefficient (Wildman–Crippen LogP) is 0.379. The number of carbonyl (C=O) groups excluding carboxylic acids is 1. The summed E-state index contributed by atoms with van der Waals surface area (Å²) in [6.07, 6.45) is 2.22. The zero-order valence-corrected chi connectivity index (χ0v) is 12.3. The highest BCUT2D eigenvalue weighted by molar-refractivity contribution is 5.86. The van der Waals surface area contributed by atoms with Crippen molar-refractivity contribution in [1.82, 2.24) is 15.1 Å². The van der Waals surface area contributed by atoms with Crippen LogP contribution in [0.5, 0.6) is 0 Å². The maximum atomic E-state index is 11.2. The smallest absolute Gasteiger partial charge is 0.358 e. The fourth-order valence-corrected chi connectivity index (χ4v) is 2.44. The van der Waals surface area contributed by atoms with Gasteiger partial charge in [-0.05, 0) is 44.0 Å². The van der Waals surface area contributed by atoms with Crippen molar-refractivity contribution >= 4 is 11.8 Å². The molecule has 0 unspecified atom stereocenters. The second-order valence-corrected chi connectivity index (χ2v) is 5.18. The molecule has 0 bridgehead atoms. The lowest BCUT2D eigenvalue weighted by molar-refractivity contribution is 0.0593. The highest BCUT2D eigenvalue weighted by Gasteiger charge is 2.18. The second kappa shape index (κ2) is 7.90. The van der Waals surface area contributed by atoms with E-state index in [0.29, 0.717) is 11.7 Å². The van der Waals surface area contributed by atoms with Gasteiger partial charge in [0.2, 0.25) is 0 Å². The summed E-state index contributed by atoms with van der Waals surface area (Å²) in [5, 5.41) is 20.0. The molecule has 0 spiro atoms. The van der Waals surface area contributed by atoms with Crippen molar-refractivity contribution in [3.63, 3.8) is 0 Å². The van der Waals surface area contributed by atoms with Crippen LogP contribution in [0.15, 0.2) is 12.1 Å². The maximum Gasteiger partial charge on any atom is 0.358 e. The molecule has 1 fully saturated rings. The molecule has 7 nitrogen and oxygen atoms in total. The number of rotatable bonds is 6. The number of aromatic nitrogens is 2. The number of aliphatic hydroxyl groups excluding tert-OH is 1. The van der Waals surface area contributed by atoms with Gasteiger partial charge >= 0.3 is 5.97 Å². The van der Waals surface area contributed by atoms with Crippen molar-refractivity contribution in [2.45, 2.75) is 12.8 Å². The van der Waals surface area contributed by atoms with Crippen LogP contribution in [-0.2, 0) is 4.74 Å². The van der Waals surface area contributed by atoms with Gasteiger partial charge < -0.3 is 20.1 Å². The number of ether oxygens (including phenoxy) is 1. The van der Waals surface area contributed by atoms with Crippen LogP contribution in [0.1, 0.15) is 23.3 Å². The molecule has 7 heteroatoms. The monoisotopic (exact) mass is 294 g/mol. The summed E-state index contributed by atoms with van der Waals surface area (Å²) in [4.78, 5) is 13.5. The summed E-state index contributed by atoms with van der Waals surface area (Å²) < 4.78 is 4.58. The number of β-amino-alcohol motifs (C(OH)–C–C–N with tert-alkyl or cyclic N) is 1. The lowest BCUT2D eigenvalue weighted by Gasteiger charge is -2.31. The van der Waals surface area contributed by atoms with Crippen LogP contribution in [0.3, 0.4) is 0 Å². The molecule has 2 rings (SSSR count). The Hall–Kier alpha value is -1.73. The molecule has 1 aromatic rings. The summed E-state index contributed by atoms with van der Waals surface area (Å²) in [6.45, 7) is 3.89. The Labute approximate surface area is 124 Å². The van der Waals surface area contributed by atoms with Gasteiger partial charge in [-0.25, -0.2) is 4.79 Å². The summed E-state index contributed by atoms with van der Waals surface area (Å²) in [7, 11) is 1.32. The van der Waals surface area contributed by atoms with Crippen molar-refractivity contribution < 1.29 is 14.6 Å². The number of nitrogens with zero attached hydrogens (tertiary/aromatic N) is 3. The first kappa shape index (κ1) is 15.7. The van der Waals surface area contributed by atoms with E-state index in [2.05, 4.69) is 25.2 Å². The van der Waals surface area contributed by atoms with Crippen molar-refractivity contribution in [2.24, 2.45) is 5.92 Å². The number of methoxy groups -OCH3 is 1. The van der Waals surface area contributed by atoms with E-state index in [1.165, 1.54) is 7.11 Å². The van der Waals surface area contributed by atoms with E-state index >= 15 is 0 Å². The Kier molecular flexibility index (Phi) is 5.89. The van der Waals surface area contributed by atoms with E-state index < -0.39 is 5.97 Å². The number of esters is 1. The van der Waals surface area contributed by atoms with Crippen LogP contribution in [0.2, 0.25) is 0 Å². The quantitative estimate of drug-likeness (QED) is 0.733. The fourth-order valence-electron chi connectivity index (χ4n) is 2.44. The summed E-state index contributed by atoms with van der Waals surface area (Å²) in [6, 6.07) is 3.34. The Bertz CT molecular complexity index is 444. The van der Waals surface area contributed by atoms with Gasteiger partial charge in [0.25, 0.3) is 0 Å². The minimum absolute atomic E-state index is 0.209. The lowest BCUT2D eigenvalue weighted by atomic mass is 9.97. The highest BCUT2D eigenvalue weighted by atomic mass is 16.5. The molecule has 1 aliphatic heterocycles. The molecule has 116 valence electrons. The van der Waals surface area contributed by atoms with Gasteiger partial charge in [-0.15, -0.1) is 10.2 Å². The molecule has 1 aliphatic rings. The van der Waals surface area contributed by atoms with Crippen molar-refractivity contribution in [2.75, 3.05) is 45.2 Å². The molecular formula is C14H22N4O3. The Balaban J connectivity index is 1.75. The number of aliphatic hydroxyl groups is 1. The average molecular weight is 294 g/mol. The van der Waals surface area contributed by atoms with Crippen LogP contribution >= 0.6 is 0 Å². The molecule has 21 heavy (non-hydrogen) atoms. The summed E-state index contributed by atoms with van der Waals surface area (Å²) in [5.74, 6) is 0.785. The third kappa shape index (κ3) is 4.64. The third-order valence-electron chi connectivity index (χ3n) is 3.75. The van der Waals surface area contributed by atoms with Gasteiger partial charge in [0, 0.05) is 13.1 Å². The number of hydrogen-bond acceptors (Lipinski definition) is 7. The third-order valence-corrected chi connectivity index (χ3v) is 3.75. The normalized spacial score (nSPS) is 16.7. The molecule has 0 aliphatic carbocycles. The molecule has 0 atom stereocenters. The second-order valence-electron chi connectivity index (χ2n) is 5.18. The SMILES string of the molecule is COC(=O)c1ccc(NCC2CCN(CCO)CC2)nn1. The Morgan fingerprint density at radius 2 is 2.19 bits per heavy atom. The van der Waals surface area contributed by atoms with Gasteiger partial charge in [-0.2, -0.15) is 0 Å². The van der Waals surface area contributed by atoms with E-state index in [0.717, 1.165) is 39.0 Å². The Morgan fingerprint density at radius 1 is 1.43 bits per heavy atom. The van der Waals surface area contributed by atoms with Gasteiger partial charge in [0.15, 0.2) is 5.69 Å². The molecular weight excluding hydrogens is 272 g/mol. The highest BCUT2D eigenvalue weighted by Crippen LogP contribution is 2.17. The molecule has 1 aromatic heterocycles. The van der Waals surface area contributed by atoms with E-state index in [9.17, 15) is 4.79 Å². The van der Waals surface area contributed by atoms with Gasteiger partial charge in [0.1, 0.15) is 5.82 Å².